The molecule has 4 heterocycles. The first-order valence-electron chi connectivity index (χ1n) is 14.9. The number of unbranched alkanes of at least 4 members (excludes halogenated alkanes) is 3. The van der Waals surface area contributed by atoms with Crippen LogP contribution in [0.25, 0.3) is 0 Å². The highest BCUT2D eigenvalue weighted by molar-refractivity contribution is 5.19. The highest BCUT2D eigenvalue weighted by atomic mass is 16.6. The van der Waals surface area contributed by atoms with Gasteiger partial charge >= 0.3 is 0 Å². The maximum absolute atomic E-state index is 10.4. The second kappa shape index (κ2) is 14.2. The van der Waals surface area contributed by atoms with Crippen LogP contribution in [0.3, 0.4) is 0 Å². The molecule has 0 amide bonds. The molecule has 0 radical (unpaired) electrons. The summed E-state index contributed by atoms with van der Waals surface area (Å²) in [4.78, 5) is 0. The summed E-state index contributed by atoms with van der Waals surface area (Å²) in [6, 6.07) is 0. The molecule has 0 aromatic carbocycles. The van der Waals surface area contributed by atoms with Crippen LogP contribution < -0.4 is 0 Å². The van der Waals surface area contributed by atoms with Crippen LogP contribution in [0.1, 0.15) is 91.4 Å². The largest absolute Gasteiger partial charge is 0.393 e. The van der Waals surface area contributed by atoms with Gasteiger partial charge in [-0.2, -0.15) is 0 Å². The predicted molar refractivity (Wildman–Crippen MR) is 149 cm³/mol. The van der Waals surface area contributed by atoms with Gasteiger partial charge in [0.15, 0.2) is 0 Å². The summed E-state index contributed by atoms with van der Waals surface area (Å²) in [6.45, 7) is 10.2. The third kappa shape index (κ3) is 8.37. The Bertz CT molecular complexity index is 775. The van der Waals surface area contributed by atoms with E-state index in [1.54, 1.807) is 0 Å². The van der Waals surface area contributed by atoms with E-state index in [0.29, 0.717) is 6.42 Å². The van der Waals surface area contributed by atoms with Crippen LogP contribution >= 0.6 is 0 Å². The molecule has 5 nitrogen and oxygen atoms in total. The monoisotopic (exact) mass is 514 g/mol. The van der Waals surface area contributed by atoms with E-state index in [1.807, 2.05) is 6.08 Å². The fraction of sp³-hybridized carbons (Fsp3) is 0.750. The lowest BCUT2D eigenvalue weighted by Crippen LogP contribution is -2.24. The Labute approximate surface area is 225 Å². The molecule has 0 unspecified atom stereocenters. The van der Waals surface area contributed by atoms with Crippen molar-refractivity contribution in [3.05, 3.63) is 48.6 Å². The summed E-state index contributed by atoms with van der Waals surface area (Å²) < 4.78 is 25.0. The molecular weight excluding hydrogens is 464 g/mol. The third-order valence-corrected chi connectivity index (χ3v) is 8.44. The summed E-state index contributed by atoms with van der Waals surface area (Å²) in [7, 11) is 0. The predicted octanol–water partition coefficient (Wildman–Crippen LogP) is 6.61. The van der Waals surface area contributed by atoms with Crippen LogP contribution in [0.4, 0.5) is 0 Å². The molecular formula is C32H50O5. The second-order valence-corrected chi connectivity index (χ2v) is 11.7. The van der Waals surface area contributed by atoms with Crippen molar-refractivity contribution in [3.8, 4) is 0 Å². The van der Waals surface area contributed by atoms with E-state index in [1.165, 1.54) is 24.8 Å². The van der Waals surface area contributed by atoms with Crippen molar-refractivity contribution in [1.29, 1.82) is 0 Å². The Morgan fingerprint density at radius 2 is 1.59 bits per heavy atom. The zero-order valence-corrected chi connectivity index (χ0v) is 23.3. The maximum Gasteiger partial charge on any atom is 0.0870 e. The minimum atomic E-state index is -0.349. The molecule has 0 aromatic heterocycles. The topological polar surface area (TPSA) is 57.2 Å². The smallest absolute Gasteiger partial charge is 0.0870 e. The van der Waals surface area contributed by atoms with Crippen molar-refractivity contribution >= 4 is 0 Å². The SMILES string of the molecule is C=CC[C@H](C)[C@@H](O)C[C@@H]1C[C@H]2O[C@H](/C=C(C)/C=C/C[C@H]3C[C@@H]4O[C@@H](/C=C/CCCCC)C[C@@H]4O3)C[C@H]2O1. The van der Waals surface area contributed by atoms with E-state index < -0.39 is 0 Å². The van der Waals surface area contributed by atoms with Crippen LogP contribution in [0, 0.1) is 5.92 Å². The van der Waals surface area contributed by atoms with Crippen LogP contribution in [0.2, 0.25) is 0 Å². The van der Waals surface area contributed by atoms with Crippen molar-refractivity contribution in [1.82, 2.24) is 0 Å². The van der Waals surface area contributed by atoms with Crippen molar-refractivity contribution in [3.63, 3.8) is 0 Å². The zero-order chi connectivity index (χ0) is 26.2. The highest BCUT2D eigenvalue weighted by Crippen LogP contribution is 2.38. The number of aliphatic hydroxyl groups is 1. The summed E-state index contributed by atoms with van der Waals surface area (Å²) in [5.41, 5.74) is 1.22. The molecule has 4 aliphatic heterocycles. The van der Waals surface area contributed by atoms with E-state index in [-0.39, 0.29) is 60.9 Å². The molecule has 4 rings (SSSR count). The molecule has 0 aromatic rings. The van der Waals surface area contributed by atoms with E-state index in [4.69, 9.17) is 18.9 Å². The van der Waals surface area contributed by atoms with Gasteiger partial charge in [-0.15, -0.1) is 6.58 Å². The van der Waals surface area contributed by atoms with Crippen LogP contribution in [0.5, 0.6) is 0 Å². The van der Waals surface area contributed by atoms with Gasteiger partial charge in [0, 0.05) is 25.7 Å². The molecule has 4 aliphatic rings. The Hall–Kier alpha value is -1.24. The van der Waals surface area contributed by atoms with Gasteiger partial charge in [0.1, 0.15) is 0 Å². The summed E-state index contributed by atoms with van der Waals surface area (Å²) in [6.07, 6.45) is 25.4. The van der Waals surface area contributed by atoms with Crippen LogP contribution in [-0.2, 0) is 18.9 Å². The molecule has 4 saturated heterocycles. The van der Waals surface area contributed by atoms with E-state index in [9.17, 15) is 5.11 Å². The fourth-order valence-electron chi connectivity index (χ4n) is 6.29. The number of ether oxygens (including phenoxy) is 4. The molecule has 0 saturated carbocycles. The highest BCUT2D eigenvalue weighted by Gasteiger charge is 2.44. The van der Waals surface area contributed by atoms with Crippen LogP contribution in [0.15, 0.2) is 48.6 Å². The number of hydrogen-bond donors (Lipinski definition) is 1. The van der Waals surface area contributed by atoms with Gasteiger partial charge < -0.3 is 24.1 Å². The summed E-state index contributed by atoms with van der Waals surface area (Å²) in [5, 5.41) is 10.4. The maximum atomic E-state index is 10.4. The van der Waals surface area contributed by atoms with E-state index >= 15 is 0 Å². The quantitative estimate of drug-likeness (QED) is 0.161. The van der Waals surface area contributed by atoms with Crippen molar-refractivity contribution < 1.29 is 24.1 Å². The van der Waals surface area contributed by atoms with Gasteiger partial charge in [0.25, 0.3) is 0 Å². The van der Waals surface area contributed by atoms with E-state index in [2.05, 4.69) is 57.7 Å². The molecule has 37 heavy (non-hydrogen) atoms. The lowest BCUT2D eigenvalue weighted by atomic mass is 9.95. The van der Waals surface area contributed by atoms with Crippen molar-refractivity contribution in [2.45, 2.75) is 146 Å². The first kappa shape index (κ1) is 28.8. The number of allylic oxidation sites excluding steroid dienone is 4. The van der Waals surface area contributed by atoms with E-state index in [0.717, 1.165) is 44.9 Å². The Morgan fingerprint density at radius 3 is 2.32 bits per heavy atom. The minimum Gasteiger partial charge on any atom is -0.393 e. The van der Waals surface area contributed by atoms with Gasteiger partial charge in [-0.05, 0) is 44.9 Å². The molecule has 10 atom stereocenters. The van der Waals surface area contributed by atoms with Gasteiger partial charge in [-0.1, -0.05) is 68.7 Å². The molecule has 0 spiro atoms. The normalized spacial score (nSPS) is 37.5. The number of rotatable bonds is 14. The van der Waals surface area contributed by atoms with Crippen molar-refractivity contribution in [2.24, 2.45) is 5.92 Å². The lowest BCUT2D eigenvalue weighted by Gasteiger charge is -2.21. The fourth-order valence-corrected chi connectivity index (χ4v) is 6.29. The van der Waals surface area contributed by atoms with Gasteiger partial charge in [0.05, 0.1) is 54.9 Å². The van der Waals surface area contributed by atoms with Gasteiger partial charge in [-0.25, -0.2) is 0 Å². The number of aliphatic hydroxyl groups excluding tert-OH is 1. The number of fused-ring (bicyclic) bond motifs is 2. The molecule has 0 aliphatic carbocycles. The van der Waals surface area contributed by atoms with Gasteiger partial charge in [0.2, 0.25) is 0 Å². The Balaban J connectivity index is 1.12. The number of hydrogen-bond acceptors (Lipinski definition) is 5. The third-order valence-electron chi connectivity index (χ3n) is 8.44. The minimum absolute atomic E-state index is 0.0927. The van der Waals surface area contributed by atoms with Crippen LogP contribution in [-0.4, -0.2) is 60.0 Å². The Morgan fingerprint density at radius 1 is 0.919 bits per heavy atom. The second-order valence-electron chi connectivity index (χ2n) is 11.7. The average Bonchev–Trinajstić information content (AvgIpc) is 3.59. The molecule has 208 valence electrons. The first-order valence-corrected chi connectivity index (χ1v) is 14.9. The van der Waals surface area contributed by atoms with Gasteiger partial charge in [-0.3, -0.25) is 0 Å². The molecule has 1 N–H and O–H groups in total. The molecule has 0 bridgehead atoms. The zero-order valence-electron chi connectivity index (χ0n) is 23.3. The summed E-state index contributed by atoms with van der Waals surface area (Å²) in [5.74, 6) is 0.216. The first-order chi connectivity index (χ1) is 17.9. The standard InChI is InChI=1S/C32H50O5/c1-5-7-8-9-10-14-24-18-29-30(34-24)19-25(35-29)15-11-13-22(3)16-26-20-31-32(36-26)21-27(37-31)17-28(33)23(4)12-6-2/h6,10-11,13-14,16,23-33H,2,5,7-9,12,15,17-21H2,1,3-4H3/b13-11+,14-10+,22-16+/t23-,24-,25-,26+,27+,28-,29-,30-,31+,32+/m0/s1. The molecule has 5 heteroatoms. The molecule has 4 fully saturated rings. The summed E-state index contributed by atoms with van der Waals surface area (Å²) >= 11 is 0. The lowest BCUT2D eigenvalue weighted by molar-refractivity contribution is -0.000938. The average molecular weight is 515 g/mol. The van der Waals surface area contributed by atoms with Crippen molar-refractivity contribution in [2.75, 3.05) is 0 Å². The Kier molecular flexibility index (Phi) is 11.1.